The Morgan fingerprint density at radius 1 is 1.06 bits per heavy atom. The van der Waals surface area contributed by atoms with Crippen LogP contribution in [-0.4, -0.2) is 6.04 Å². The van der Waals surface area contributed by atoms with Crippen molar-refractivity contribution < 1.29 is 18.5 Å². The summed E-state index contributed by atoms with van der Waals surface area (Å²) in [7, 11) is 0. The van der Waals surface area contributed by atoms with Crippen molar-refractivity contribution in [1.29, 1.82) is 0 Å². The van der Waals surface area contributed by atoms with Gasteiger partial charge < -0.3 is 5.32 Å². The van der Waals surface area contributed by atoms with Gasteiger partial charge in [-0.25, -0.2) is 0 Å². The van der Waals surface area contributed by atoms with Crippen LogP contribution in [0.4, 0.5) is 13.2 Å². The first-order valence-corrected chi connectivity index (χ1v) is 6.28. The monoisotopic (exact) mass is 260 g/mol. The molecular formula is C14H21F3N+. The molecule has 0 unspecified atom stereocenters. The minimum atomic E-state index is -4.24. The molecule has 0 amide bonds. The second kappa shape index (κ2) is 6.23. The van der Waals surface area contributed by atoms with Crippen molar-refractivity contribution >= 4 is 0 Å². The second-order valence-electron chi connectivity index (χ2n) is 5.24. The largest absolute Gasteiger partial charge is 0.416 e. The Labute approximate surface area is 106 Å². The summed E-state index contributed by atoms with van der Waals surface area (Å²) in [5.74, 6) is 0.642. The Morgan fingerprint density at radius 3 is 2.06 bits per heavy atom. The van der Waals surface area contributed by atoms with E-state index in [9.17, 15) is 13.2 Å². The third kappa shape index (κ3) is 5.08. The van der Waals surface area contributed by atoms with Crippen LogP contribution in [0.2, 0.25) is 0 Å². The van der Waals surface area contributed by atoms with Crippen LogP contribution in [-0.2, 0) is 12.7 Å². The van der Waals surface area contributed by atoms with Crippen LogP contribution < -0.4 is 5.32 Å². The maximum atomic E-state index is 12.4. The quantitative estimate of drug-likeness (QED) is 0.837. The molecule has 0 aliphatic heterocycles. The predicted octanol–water partition coefficient (Wildman–Crippen LogP) is 3.20. The maximum Gasteiger partial charge on any atom is 0.416 e. The molecule has 1 atom stereocenters. The SMILES string of the molecule is CC(C)C[C@@H](C)[NH2+]Cc1ccc(C(F)(F)F)cc1. The number of nitrogens with two attached hydrogens (primary N) is 1. The smallest absolute Gasteiger partial charge is 0.340 e. The summed E-state index contributed by atoms with van der Waals surface area (Å²) in [5.41, 5.74) is 0.347. The fraction of sp³-hybridized carbons (Fsp3) is 0.571. The topological polar surface area (TPSA) is 16.6 Å². The summed E-state index contributed by atoms with van der Waals surface area (Å²) in [4.78, 5) is 0. The van der Waals surface area contributed by atoms with Crippen LogP contribution in [0, 0.1) is 5.92 Å². The van der Waals surface area contributed by atoms with E-state index in [0.717, 1.165) is 30.7 Å². The van der Waals surface area contributed by atoms with E-state index in [4.69, 9.17) is 0 Å². The average molecular weight is 260 g/mol. The van der Waals surface area contributed by atoms with E-state index in [-0.39, 0.29) is 0 Å². The first kappa shape index (κ1) is 15.0. The van der Waals surface area contributed by atoms with E-state index in [1.165, 1.54) is 0 Å². The lowest BCUT2D eigenvalue weighted by Crippen LogP contribution is -2.87. The average Bonchev–Trinajstić information content (AvgIpc) is 2.25. The van der Waals surface area contributed by atoms with Crippen molar-refractivity contribution in [3.8, 4) is 0 Å². The Morgan fingerprint density at radius 2 is 1.61 bits per heavy atom. The van der Waals surface area contributed by atoms with Crippen LogP contribution in [0.5, 0.6) is 0 Å². The molecule has 102 valence electrons. The third-order valence-corrected chi connectivity index (χ3v) is 2.88. The molecule has 0 aromatic heterocycles. The van der Waals surface area contributed by atoms with Crippen molar-refractivity contribution in [3.63, 3.8) is 0 Å². The number of quaternary nitrogens is 1. The predicted molar refractivity (Wildman–Crippen MR) is 66.0 cm³/mol. The van der Waals surface area contributed by atoms with Gasteiger partial charge >= 0.3 is 6.18 Å². The summed E-state index contributed by atoms with van der Waals surface area (Å²) < 4.78 is 37.1. The molecule has 0 spiro atoms. The van der Waals surface area contributed by atoms with Crippen molar-refractivity contribution in [2.75, 3.05) is 0 Å². The Hall–Kier alpha value is -1.03. The van der Waals surface area contributed by atoms with Gasteiger partial charge in [0.2, 0.25) is 0 Å². The molecule has 4 heteroatoms. The number of rotatable bonds is 5. The van der Waals surface area contributed by atoms with Crippen molar-refractivity contribution in [2.45, 2.75) is 46.0 Å². The zero-order chi connectivity index (χ0) is 13.8. The molecule has 0 aliphatic rings. The molecule has 0 aliphatic carbocycles. The fourth-order valence-electron chi connectivity index (χ4n) is 2.01. The van der Waals surface area contributed by atoms with Gasteiger partial charge in [0.15, 0.2) is 0 Å². The molecule has 2 N–H and O–H groups in total. The second-order valence-corrected chi connectivity index (χ2v) is 5.24. The normalized spacial score (nSPS) is 13.9. The highest BCUT2D eigenvalue weighted by atomic mass is 19.4. The summed E-state index contributed by atoms with van der Waals surface area (Å²) in [5, 5.41) is 2.17. The lowest BCUT2D eigenvalue weighted by molar-refractivity contribution is -0.702. The van der Waals surface area contributed by atoms with Gasteiger partial charge in [-0.05, 0) is 25.0 Å². The van der Waals surface area contributed by atoms with E-state index in [1.807, 2.05) is 0 Å². The van der Waals surface area contributed by atoms with E-state index in [2.05, 4.69) is 26.1 Å². The molecule has 1 aromatic rings. The molecular weight excluding hydrogens is 239 g/mol. The van der Waals surface area contributed by atoms with Crippen molar-refractivity contribution in [2.24, 2.45) is 5.92 Å². The van der Waals surface area contributed by atoms with Gasteiger partial charge in [0, 0.05) is 12.0 Å². The number of halogens is 3. The zero-order valence-electron chi connectivity index (χ0n) is 11.1. The van der Waals surface area contributed by atoms with Crippen LogP contribution in [0.1, 0.15) is 38.3 Å². The standard InChI is InChI=1S/C14H20F3N/c1-10(2)8-11(3)18-9-12-4-6-13(7-5-12)14(15,16)17/h4-7,10-11,18H,8-9H2,1-3H3/p+1/t11-/m1/s1. The number of alkyl halides is 3. The zero-order valence-corrected chi connectivity index (χ0v) is 11.1. The van der Waals surface area contributed by atoms with Gasteiger partial charge in [0.25, 0.3) is 0 Å². The minimum Gasteiger partial charge on any atom is -0.340 e. The highest BCUT2D eigenvalue weighted by molar-refractivity contribution is 5.23. The molecule has 0 bridgehead atoms. The Balaban J connectivity index is 2.49. The van der Waals surface area contributed by atoms with Gasteiger partial charge in [-0.3, -0.25) is 0 Å². The third-order valence-electron chi connectivity index (χ3n) is 2.88. The van der Waals surface area contributed by atoms with Gasteiger partial charge in [-0.1, -0.05) is 26.0 Å². The number of benzene rings is 1. The number of hydrogen-bond donors (Lipinski definition) is 1. The van der Waals surface area contributed by atoms with E-state index in [0.29, 0.717) is 12.0 Å². The molecule has 0 radical (unpaired) electrons. The first-order chi connectivity index (χ1) is 8.29. The van der Waals surface area contributed by atoms with Gasteiger partial charge in [-0.2, -0.15) is 13.2 Å². The molecule has 1 aromatic carbocycles. The van der Waals surface area contributed by atoms with E-state index >= 15 is 0 Å². The van der Waals surface area contributed by atoms with Crippen LogP contribution >= 0.6 is 0 Å². The van der Waals surface area contributed by atoms with Crippen LogP contribution in [0.25, 0.3) is 0 Å². The highest BCUT2D eigenvalue weighted by Crippen LogP contribution is 2.28. The summed E-state index contributed by atoms with van der Waals surface area (Å²) in [6.07, 6.45) is -3.13. The molecule has 0 fully saturated rings. The summed E-state index contributed by atoms with van der Waals surface area (Å²) >= 11 is 0. The van der Waals surface area contributed by atoms with E-state index < -0.39 is 11.7 Å². The van der Waals surface area contributed by atoms with Gasteiger partial charge in [0.1, 0.15) is 6.54 Å². The molecule has 0 heterocycles. The Kier molecular flexibility index (Phi) is 5.20. The van der Waals surface area contributed by atoms with Crippen LogP contribution in [0.3, 0.4) is 0 Å². The van der Waals surface area contributed by atoms with E-state index in [1.54, 1.807) is 12.1 Å². The Bertz CT molecular complexity index is 354. The molecule has 0 saturated heterocycles. The minimum absolute atomic E-state index is 0.493. The van der Waals surface area contributed by atoms with Crippen molar-refractivity contribution in [3.05, 3.63) is 35.4 Å². The summed E-state index contributed by atoms with van der Waals surface area (Å²) in [6.45, 7) is 7.21. The van der Waals surface area contributed by atoms with Crippen LogP contribution in [0.15, 0.2) is 24.3 Å². The molecule has 1 nitrogen and oxygen atoms in total. The molecule has 18 heavy (non-hydrogen) atoms. The summed E-state index contributed by atoms with van der Waals surface area (Å²) in [6, 6.07) is 5.90. The van der Waals surface area contributed by atoms with Crippen molar-refractivity contribution in [1.82, 2.24) is 0 Å². The fourth-order valence-corrected chi connectivity index (χ4v) is 2.01. The lowest BCUT2D eigenvalue weighted by atomic mass is 10.0. The number of hydrogen-bond acceptors (Lipinski definition) is 0. The maximum absolute atomic E-state index is 12.4. The lowest BCUT2D eigenvalue weighted by Gasteiger charge is -2.13. The molecule has 0 saturated carbocycles. The van der Waals surface area contributed by atoms with Gasteiger partial charge in [0.05, 0.1) is 11.6 Å². The van der Waals surface area contributed by atoms with Gasteiger partial charge in [-0.15, -0.1) is 0 Å². The first-order valence-electron chi connectivity index (χ1n) is 6.28. The molecule has 1 rings (SSSR count). The highest BCUT2D eigenvalue weighted by Gasteiger charge is 2.29.